The Morgan fingerprint density at radius 3 is 2.65 bits per heavy atom. The fraction of sp³-hybridized carbons (Fsp3) is 0.571. The van der Waals surface area contributed by atoms with Crippen LogP contribution in [0.25, 0.3) is 0 Å². The highest BCUT2D eigenvalue weighted by atomic mass is 35.5. The molecule has 1 aromatic rings. The summed E-state index contributed by atoms with van der Waals surface area (Å²) in [5.41, 5.74) is 1.73. The molecule has 2 rings (SSSR count). The maximum Gasteiger partial charge on any atom is 0.232 e. The molecule has 0 saturated carbocycles. The molecule has 0 bridgehead atoms. The van der Waals surface area contributed by atoms with Crippen molar-refractivity contribution in [3.05, 3.63) is 24.3 Å². The average molecular weight is 317 g/mol. The summed E-state index contributed by atoms with van der Waals surface area (Å²) >= 11 is 5.56. The number of alkyl halides is 1. The smallest absolute Gasteiger partial charge is 0.232 e. The van der Waals surface area contributed by atoms with Crippen molar-refractivity contribution >= 4 is 33.0 Å². The second-order valence-electron chi connectivity index (χ2n) is 5.06. The van der Waals surface area contributed by atoms with Crippen molar-refractivity contribution in [1.82, 2.24) is 0 Å². The van der Waals surface area contributed by atoms with Gasteiger partial charge in [-0.2, -0.15) is 0 Å². The average Bonchev–Trinajstić information content (AvgIpc) is 2.92. The van der Waals surface area contributed by atoms with E-state index in [1.807, 2.05) is 18.2 Å². The van der Waals surface area contributed by atoms with Crippen LogP contribution < -0.4 is 9.62 Å². The van der Waals surface area contributed by atoms with Gasteiger partial charge in [-0.15, -0.1) is 11.6 Å². The van der Waals surface area contributed by atoms with E-state index in [9.17, 15) is 8.42 Å². The van der Waals surface area contributed by atoms with Crippen LogP contribution in [0.1, 0.15) is 25.7 Å². The molecule has 1 aliphatic rings. The predicted octanol–water partition coefficient (Wildman–Crippen LogP) is 3.05. The topological polar surface area (TPSA) is 49.4 Å². The second kappa shape index (κ2) is 7.18. The van der Waals surface area contributed by atoms with Crippen LogP contribution in [-0.2, 0) is 10.0 Å². The van der Waals surface area contributed by atoms with Gasteiger partial charge in [-0.25, -0.2) is 8.42 Å². The summed E-state index contributed by atoms with van der Waals surface area (Å²) in [4.78, 5) is 2.28. The first kappa shape index (κ1) is 15.4. The third-order valence-corrected chi connectivity index (χ3v) is 5.03. The van der Waals surface area contributed by atoms with Gasteiger partial charge in [-0.3, -0.25) is 4.72 Å². The van der Waals surface area contributed by atoms with Crippen LogP contribution in [0.2, 0.25) is 0 Å². The molecule has 0 aliphatic carbocycles. The highest BCUT2D eigenvalue weighted by molar-refractivity contribution is 7.92. The molecule has 20 heavy (non-hydrogen) atoms. The summed E-state index contributed by atoms with van der Waals surface area (Å²) < 4.78 is 26.5. The summed E-state index contributed by atoms with van der Waals surface area (Å²) in [6, 6.07) is 7.62. The predicted molar refractivity (Wildman–Crippen MR) is 85.3 cm³/mol. The van der Waals surface area contributed by atoms with Crippen LogP contribution in [0.15, 0.2) is 24.3 Å². The molecule has 0 atom stereocenters. The highest BCUT2D eigenvalue weighted by Gasteiger charge is 2.14. The van der Waals surface area contributed by atoms with Gasteiger partial charge in [0.05, 0.1) is 11.4 Å². The van der Waals surface area contributed by atoms with E-state index >= 15 is 0 Å². The number of unbranched alkanes of at least 4 members (excludes halogenated alkanes) is 1. The first-order chi connectivity index (χ1) is 9.61. The molecule has 1 heterocycles. The molecule has 0 unspecified atom stereocenters. The minimum absolute atomic E-state index is 0.119. The summed E-state index contributed by atoms with van der Waals surface area (Å²) in [5, 5.41) is 0. The van der Waals surface area contributed by atoms with Crippen molar-refractivity contribution in [2.24, 2.45) is 0 Å². The molecule has 0 radical (unpaired) electrons. The molecule has 1 saturated heterocycles. The van der Waals surface area contributed by atoms with Gasteiger partial charge in [0, 0.05) is 24.7 Å². The zero-order valence-electron chi connectivity index (χ0n) is 11.5. The van der Waals surface area contributed by atoms with Crippen LogP contribution in [0.4, 0.5) is 11.4 Å². The fourth-order valence-electron chi connectivity index (χ4n) is 2.36. The van der Waals surface area contributed by atoms with Crippen molar-refractivity contribution in [2.75, 3.05) is 34.3 Å². The van der Waals surface area contributed by atoms with E-state index in [0.29, 0.717) is 18.0 Å². The Morgan fingerprint density at radius 2 is 1.95 bits per heavy atom. The van der Waals surface area contributed by atoms with E-state index in [2.05, 4.69) is 9.62 Å². The van der Waals surface area contributed by atoms with E-state index in [-0.39, 0.29) is 5.75 Å². The minimum Gasteiger partial charge on any atom is -0.371 e. The third kappa shape index (κ3) is 4.56. The molecule has 1 N–H and O–H groups in total. The Hall–Kier alpha value is -0.940. The van der Waals surface area contributed by atoms with E-state index in [4.69, 9.17) is 11.6 Å². The lowest BCUT2D eigenvalue weighted by atomic mass is 10.2. The van der Waals surface area contributed by atoms with Crippen molar-refractivity contribution in [3.8, 4) is 0 Å². The SMILES string of the molecule is O=S(=O)(CCCCCl)Nc1cccc(N2CCCC2)c1. The quantitative estimate of drug-likeness (QED) is 0.621. The maximum atomic E-state index is 11.9. The molecule has 0 spiro atoms. The fourth-order valence-corrected chi connectivity index (χ4v) is 3.72. The van der Waals surface area contributed by atoms with Gasteiger partial charge < -0.3 is 4.90 Å². The number of hydrogen-bond donors (Lipinski definition) is 1. The molecule has 4 nitrogen and oxygen atoms in total. The molecule has 1 aliphatic heterocycles. The number of nitrogens with one attached hydrogen (secondary N) is 1. The van der Waals surface area contributed by atoms with Crippen LogP contribution in [0.3, 0.4) is 0 Å². The van der Waals surface area contributed by atoms with Gasteiger partial charge in [0.1, 0.15) is 0 Å². The molecule has 0 aromatic heterocycles. The van der Waals surface area contributed by atoms with E-state index in [1.165, 1.54) is 12.8 Å². The molecule has 0 amide bonds. The lowest BCUT2D eigenvalue weighted by Gasteiger charge is -2.18. The first-order valence-corrected chi connectivity index (χ1v) is 9.21. The minimum atomic E-state index is -3.27. The lowest BCUT2D eigenvalue weighted by Crippen LogP contribution is -2.19. The summed E-state index contributed by atoms with van der Waals surface area (Å²) in [5.74, 6) is 0.619. The van der Waals surface area contributed by atoms with Crippen molar-refractivity contribution in [2.45, 2.75) is 25.7 Å². The van der Waals surface area contributed by atoms with Gasteiger partial charge in [0.15, 0.2) is 0 Å². The van der Waals surface area contributed by atoms with E-state index in [0.717, 1.165) is 25.2 Å². The zero-order valence-corrected chi connectivity index (χ0v) is 13.1. The Kier molecular flexibility index (Phi) is 5.54. The number of benzene rings is 1. The van der Waals surface area contributed by atoms with E-state index < -0.39 is 10.0 Å². The summed E-state index contributed by atoms with van der Waals surface area (Å²) in [6.45, 7) is 2.10. The number of halogens is 1. The van der Waals surface area contributed by atoms with Crippen molar-refractivity contribution in [1.29, 1.82) is 0 Å². The number of nitrogens with zero attached hydrogens (tertiary/aromatic N) is 1. The molecule has 1 aromatic carbocycles. The first-order valence-electron chi connectivity index (χ1n) is 7.02. The monoisotopic (exact) mass is 316 g/mol. The zero-order chi connectivity index (χ0) is 14.4. The van der Waals surface area contributed by atoms with Crippen molar-refractivity contribution < 1.29 is 8.42 Å². The standard InChI is InChI=1S/C14H21ClN2O2S/c15-8-1-4-11-20(18,19)16-13-6-5-7-14(12-13)17-9-2-3-10-17/h5-7,12,16H,1-4,8-11H2. The van der Waals surface area contributed by atoms with Crippen LogP contribution in [-0.4, -0.2) is 33.1 Å². The lowest BCUT2D eigenvalue weighted by molar-refractivity contribution is 0.598. The Morgan fingerprint density at radius 1 is 1.20 bits per heavy atom. The van der Waals surface area contributed by atoms with Gasteiger partial charge in [0.2, 0.25) is 10.0 Å². The van der Waals surface area contributed by atoms with Gasteiger partial charge in [-0.05, 0) is 43.9 Å². The van der Waals surface area contributed by atoms with Crippen LogP contribution in [0.5, 0.6) is 0 Å². The van der Waals surface area contributed by atoms with Crippen LogP contribution >= 0.6 is 11.6 Å². The number of anilines is 2. The second-order valence-corrected chi connectivity index (χ2v) is 7.28. The number of hydrogen-bond acceptors (Lipinski definition) is 3. The van der Waals surface area contributed by atoms with Crippen molar-refractivity contribution in [3.63, 3.8) is 0 Å². The van der Waals surface area contributed by atoms with Crippen LogP contribution in [0, 0.1) is 0 Å². The number of sulfonamides is 1. The number of rotatable bonds is 7. The molecular weight excluding hydrogens is 296 g/mol. The molecule has 1 fully saturated rings. The highest BCUT2D eigenvalue weighted by Crippen LogP contribution is 2.23. The Labute approximate surface area is 126 Å². The van der Waals surface area contributed by atoms with Gasteiger partial charge >= 0.3 is 0 Å². The third-order valence-electron chi connectivity index (χ3n) is 3.39. The Balaban J connectivity index is 2.00. The van der Waals surface area contributed by atoms with Gasteiger partial charge in [0.25, 0.3) is 0 Å². The van der Waals surface area contributed by atoms with Gasteiger partial charge in [-0.1, -0.05) is 6.07 Å². The summed E-state index contributed by atoms with van der Waals surface area (Å²) in [6.07, 6.45) is 3.71. The summed E-state index contributed by atoms with van der Waals surface area (Å²) in [7, 11) is -3.27. The normalized spacial score (nSPS) is 15.6. The van der Waals surface area contributed by atoms with E-state index in [1.54, 1.807) is 6.07 Å². The maximum absolute atomic E-state index is 11.9. The molecule has 112 valence electrons. The largest absolute Gasteiger partial charge is 0.371 e. The Bertz CT molecular complexity index is 528. The molecule has 6 heteroatoms. The molecular formula is C14H21ClN2O2S.